The molecule has 3 heterocycles. The number of aromatic nitrogens is 1. The SMILES string of the molecule is CC(C)NCC1OC(Cc2cc(CN3CCCCC3)on2)CCC1O. The highest BCUT2D eigenvalue weighted by atomic mass is 16.5. The lowest BCUT2D eigenvalue weighted by Gasteiger charge is -2.34. The maximum atomic E-state index is 10.1. The van der Waals surface area contributed by atoms with Crippen molar-refractivity contribution in [3.63, 3.8) is 0 Å². The number of hydrogen-bond donors (Lipinski definition) is 2. The minimum Gasteiger partial charge on any atom is -0.390 e. The van der Waals surface area contributed by atoms with Crippen LogP contribution >= 0.6 is 0 Å². The van der Waals surface area contributed by atoms with E-state index in [0.717, 1.165) is 50.4 Å². The van der Waals surface area contributed by atoms with Crippen molar-refractivity contribution in [1.82, 2.24) is 15.4 Å². The van der Waals surface area contributed by atoms with Crippen LogP contribution in [-0.4, -0.2) is 59.2 Å². The van der Waals surface area contributed by atoms with Crippen LogP contribution in [0.15, 0.2) is 10.6 Å². The third-order valence-corrected chi connectivity index (χ3v) is 5.18. The van der Waals surface area contributed by atoms with E-state index in [-0.39, 0.29) is 18.3 Å². The Hall–Kier alpha value is -0.950. The smallest absolute Gasteiger partial charge is 0.150 e. The van der Waals surface area contributed by atoms with Crippen molar-refractivity contribution < 1.29 is 14.4 Å². The van der Waals surface area contributed by atoms with Gasteiger partial charge in [0.15, 0.2) is 5.76 Å². The van der Waals surface area contributed by atoms with Gasteiger partial charge in [-0.25, -0.2) is 0 Å². The molecule has 0 spiro atoms. The summed E-state index contributed by atoms with van der Waals surface area (Å²) in [5.41, 5.74) is 0.962. The summed E-state index contributed by atoms with van der Waals surface area (Å²) in [5, 5.41) is 17.7. The molecule has 142 valence electrons. The molecule has 2 fully saturated rings. The summed E-state index contributed by atoms with van der Waals surface area (Å²) in [4.78, 5) is 2.44. The highest BCUT2D eigenvalue weighted by Crippen LogP contribution is 2.23. The Morgan fingerprint density at radius 1 is 1.28 bits per heavy atom. The molecule has 3 unspecified atom stereocenters. The first-order valence-electron chi connectivity index (χ1n) is 9.84. The zero-order valence-electron chi connectivity index (χ0n) is 15.6. The van der Waals surface area contributed by atoms with Crippen LogP contribution < -0.4 is 5.32 Å². The molecule has 2 aliphatic heterocycles. The van der Waals surface area contributed by atoms with Crippen LogP contribution in [-0.2, 0) is 17.7 Å². The van der Waals surface area contributed by atoms with E-state index in [9.17, 15) is 5.11 Å². The summed E-state index contributed by atoms with van der Waals surface area (Å²) in [7, 11) is 0. The molecule has 2 saturated heterocycles. The van der Waals surface area contributed by atoms with Crippen LogP contribution in [0.3, 0.4) is 0 Å². The fourth-order valence-corrected chi connectivity index (χ4v) is 3.73. The molecule has 2 aliphatic rings. The van der Waals surface area contributed by atoms with E-state index in [2.05, 4.69) is 35.3 Å². The first kappa shape index (κ1) is 18.8. The van der Waals surface area contributed by atoms with Crippen LogP contribution in [0.1, 0.15) is 57.4 Å². The van der Waals surface area contributed by atoms with Gasteiger partial charge in [-0.1, -0.05) is 25.4 Å². The van der Waals surface area contributed by atoms with Gasteiger partial charge in [0.2, 0.25) is 0 Å². The molecule has 0 bridgehead atoms. The third-order valence-electron chi connectivity index (χ3n) is 5.18. The van der Waals surface area contributed by atoms with Gasteiger partial charge in [0.1, 0.15) is 0 Å². The monoisotopic (exact) mass is 351 g/mol. The van der Waals surface area contributed by atoms with Gasteiger partial charge in [-0.15, -0.1) is 0 Å². The number of rotatable bonds is 7. The predicted octanol–water partition coefficient (Wildman–Crippen LogP) is 2.11. The summed E-state index contributed by atoms with van der Waals surface area (Å²) >= 11 is 0. The maximum Gasteiger partial charge on any atom is 0.150 e. The molecule has 0 amide bonds. The molecular formula is C19H33N3O3. The number of aliphatic hydroxyl groups excluding tert-OH is 1. The average molecular weight is 351 g/mol. The number of ether oxygens (including phenoxy) is 1. The zero-order chi connectivity index (χ0) is 17.6. The van der Waals surface area contributed by atoms with Crippen LogP contribution in [0.25, 0.3) is 0 Å². The Morgan fingerprint density at radius 2 is 2.08 bits per heavy atom. The Morgan fingerprint density at radius 3 is 2.84 bits per heavy atom. The Labute approximate surface area is 150 Å². The van der Waals surface area contributed by atoms with E-state index < -0.39 is 0 Å². The number of piperidine rings is 1. The minimum absolute atomic E-state index is 0.107. The van der Waals surface area contributed by atoms with Gasteiger partial charge < -0.3 is 19.7 Å². The van der Waals surface area contributed by atoms with Crippen LogP contribution in [0.2, 0.25) is 0 Å². The number of nitrogens with one attached hydrogen (secondary N) is 1. The van der Waals surface area contributed by atoms with Crippen LogP contribution in [0.4, 0.5) is 0 Å². The molecule has 0 saturated carbocycles. The average Bonchev–Trinajstić information content (AvgIpc) is 3.03. The van der Waals surface area contributed by atoms with Gasteiger partial charge in [-0.05, 0) is 38.8 Å². The molecule has 3 atom stereocenters. The normalized spacial score (nSPS) is 28.6. The van der Waals surface area contributed by atoms with Crippen LogP contribution in [0, 0.1) is 0 Å². The van der Waals surface area contributed by atoms with Crippen LogP contribution in [0.5, 0.6) is 0 Å². The molecule has 0 radical (unpaired) electrons. The van der Waals surface area contributed by atoms with Gasteiger partial charge in [0.25, 0.3) is 0 Å². The van der Waals surface area contributed by atoms with E-state index in [1.54, 1.807) is 0 Å². The minimum atomic E-state index is -0.380. The van der Waals surface area contributed by atoms with Crippen molar-refractivity contribution in [1.29, 1.82) is 0 Å². The largest absolute Gasteiger partial charge is 0.390 e. The van der Waals surface area contributed by atoms with E-state index in [4.69, 9.17) is 9.26 Å². The Kier molecular flexibility index (Phi) is 6.87. The molecule has 2 N–H and O–H groups in total. The standard InChI is InChI=1S/C19H33N3O3/c1-14(2)20-12-19-18(23)7-6-16(24-19)10-15-11-17(25-21-15)13-22-8-4-3-5-9-22/h11,14,16,18-20,23H,3-10,12-13H2,1-2H3. The number of nitrogens with zero attached hydrogens (tertiary/aromatic N) is 2. The van der Waals surface area contributed by atoms with Gasteiger partial charge in [-0.3, -0.25) is 4.90 Å². The van der Waals surface area contributed by atoms with E-state index in [0.29, 0.717) is 12.6 Å². The fraction of sp³-hybridized carbons (Fsp3) is 0.842. The van der Waals surface area contributed by atoms with E-state index >= 15 is 0 Å². The first-order chi connectivity index (χ1) is 12.1. The highest BCUT2D eigenvalue weighted by molar-refractivity contribution is 5.07. The lowest BCUT2D eigenvalue weighted by Crippen LogP contribution is -2.46. The molecule has 0 aliphatic carbocycles. The van der Waals surface area contributed by atoms with Crippen molar-refractivity contribution in [2.45, 2.75) is 83.3 Å². The van der Waals surface area contributed by atoms with Gasteiger partial charge in [-0.2, -0.15) is 0 Å². The third kappa shape index (κ3) is 5.78. The summed E-state index contributed by atoms with van der Waals surface area (Å²) in [5.74, 6) is 0.950. The molecule has 3 rings (SSSR count). The summed E-state index contributed by atoms with van der Waals surface area (Å²) < 4.78 is 11.6. The molecule has 6 heteroatoms. The van der Waals surface area contributed by atoms with Crippen molar-refractivity contribution in [3.8, 4) is 0 Å². The first-order valence-corrected chi connectivity index (χ1v) is 9.84. The number of likely N-dealkylation sites (tertiary alicyclic amines) is 1. The van der Waals surface area contributed by atoms with Gasteiger partial charge in [0.05, 0.1) is 30.6 Å². The molecule has 1 aromatic heterocycles. The lowest BCUT2D eigenvalue weighted by molar-refractivity contribution is -0.115. The van der Waals surface area contributed by atoms with Crippen molar-refractivity contribution in [2.24, 2.45) is 0 Å². The second kappa shape index (κ2) is 9.12. The number of aliphatic hydroxyl groups is 1. The van der Waals surface area contributed by atoms with E-state index in [1.807, 2.05) is 0 Å². The Balaban J connectivity index is 1.48. The molecule has 25 heavy (non-hydrogen) atoms. The summed E-state index contributed by atoms with van der Waals surface area (Å²) in [6.45, 7) is 8.07. The lowest BCUT2D eigenvalue weighted by atomic mass is 9.98. The van der Waals surface area contributed by atoms with Crippen molar-refractivity contribution >= 4 is 0 Å². The van der Waals surface area contributed by atoms with E-state index in [1.165, 1.54) is 19.3 Å². The second-order valence-corrected chi connectivity index (χ2v) is 7.83. The summed E-state index contributed by atoms with van der Waals surface area (Å²) in [6.07, 6.45) is 5.91. The molecular weight excluding hydrogens is 318 g/mol. The van der Waals surface area contributed by atoms with Crippen molar-refractivity contribution in [3.05, 3.63) is 17.5 Å². The molecule has 6 nitrogen and oxygen atoms in total. The number of hydrogen-bond acceptors (Lipinski definition) is 6. The molecule has 0 aromatic carbocycles. The van der Waals surface area contributed by atoms with Gasteiger partial charge in [0, 0.05) is 25.1 Å². The highest BCUT2D eigenvalue weighted by Gasteiger charge is 2.30. The second-order valence-electron chi connectivity index (χ2n) is 7.83. The summed E-state index contributed by atoms with van der Waals surface area (Å²) in [6, 6.07) is 2.47. The fourth-order valence-electron chi connectivity index (χ4n) is 3.73. The maximum absolute atomic E-state index is 10.1. The Bertz CT molecular complexity index is 514. The predicted molar refractivity (Wildman–Crippen MR) is 96.4 cm³/mol. The van der Waals surface area contributed by atoms with Gasteiger partial charge >= 0.3 is 0 Å². The molecule has 1 aromatic rings. The van der Waals surface area contributed by atoms with Crippen molar-refractivity contribution in [2.75, 3.05) is 19.6 Å². The zero-order valence-corrected chi connectivity index (χ0v) is 15.6. The quantitative estimate of drug-likeness (QED) is 0.784. The topological polar surface area (TPSA) is 70.8 Å².